The summed E-state index contributed by atoms with van der Waals surface area (Å²) < 4.78 is 7.53. The van der Waals surface area contributed by atoms with E-state index in [1.165, 1.54) is 6.42 Å². The predicted molar refractivity (Wildman–Crippen MR) is 92.0 cm³/mol. The molecule has 1 saturated carbocycles. The molecule has 2 aromatic rings. The normalized spacial score (nSPS) is 20.6. The Hall–Kier alpha value is -2.37. The highest BCUT2D eigenvalue weighted by Crippen LogP contribution is 2.34. The monoisotopic (exact) mass is 328 g/mol. The van der Waals surface area contributed by atoms with E-state index < -0.39 is 0 Å². The Morgan fingerprint density at radius 1 is 1.42 bits per heavy atom. The lowest BCUT2D eigenvalue weighted by molar-refractivity contribution is -0.121. The van der Waals surface area contributed by atoms with Gasteiger partial charge in [-0.3, -0.25) is 9.78 Å². The summed E-state index contributed by atoms with van der Waals surface area (Å²) in [6.45, 7) is 4.08. The van der Waals surface area contributed by atoms with Gasteiger partial charge in [0.15, 0.2) is 0 Å². The summed E-state index contributed by atoms with van der Waals surface area (Å²) in [5.41, 5.74) is 1.39. The molecule has 0 bridgehead atoms. The second kappa shape index (κ2) is 7.03. The van der Waals surface area contributed by atoms with Crippen LogP contribution in [0.4, 0.5) is 5.69 Å². The van der Waals surface area contributed by atoms with Gasteiger partial charge >= 0.3 is 0 Å². The van der Waals surface area contributed by atoms with Gasteiger partial charge in [-0.25, -0.2) is 4.68 Å². The fraction of sp³-hybridized carbons (Fsp3) is 0.500. The second-order valence-electron chi connectivity index (χ2n) is 6.64. The van der Waals surface area contributed by atoms with Crippen molar-refractivity contribution in [3.05, 3.63) is 30.2 Å². The van der Waals surface area contributed by atoms with Crippen LogP contribution in [0.15, 0.2) is 24.5 Å². The Labute approximate surface area is 142 Å². The standard InChI is InChI=1S/C18H24N4O2/c1-12-6-4-7-14(10-12)17(23)20-16-13(2)21-22(3)18(16)24-15-8-5-9-19-11-15/h5,8-9,11-12,14H,4,6-7,10H2,1-3H3,(H,20,23). The van der Waals surface area contributed by atoms with Crippen molar-refractivity contribution in [3.63, 3.8) is 0 Å². The van der Waals surface area contributed by atoms with E-state index in [0.717, 1.165) is 25.0 Å². The van der Waals surface area contributed by atoms with Crippen LogP contribution in [0.2, 0.25) is 0 Å². The lowest BCUT2D eigenvalue weighted by Crippen LogP contribution is -2.27. The lowest BCUT2D eigenvalue weighted by atomic mass is 9.82. The van der Waals surface area contributed by atoms with E-state index in [1.54, 1.807) is 30.2 Å². The van der Waals surface area contributed by atoms with Gasteiger partial charge in [0.25, 0.3) is 0 Å². The van der Waals surface area contributed by atoms with Crippen LogP contribution < -0.4 is 10.1 Å². The zero-order chi connectivity index (χ0) is 17.1. The van der Waals surface area contributed by atoms with Gasteiger partial charge in [0.2, 0.25) is 11.8 Å². The average Bonchev–Trinajstić information content (AvgIpc) is 2.83. The maximum Gasteiger partial charge on any atom is 0.241 e. The van der Waals surface area contributed by atoms with Crippen molar-refractivity contribution in [3.8, 4) is 11.6 Å². The molecule has 2 atom stereocenters. The van der Waals surface area contributed by atoms with Crippen LogP contribution in [-0.2, 0) is 11.8 Å². The molecule has 6 heteroatoms. The summed E-state index contributed by atoms with van der Waals surface area (Å²) in [6.07, 6.45) is 7.55. The molecular formula is C18H24N4O2. The molecule has 1 aliphatic rings. The molecule has 0 aromatic carbocycles. The second-order valence-corrected chi connectivity index (χ2v) is 6.64. The van der Waals surface area contributed by atoms with E-state index in [0.29, 0.717) is 23.2 Å². The molecule has 0 spiro atoms. The quantitative estimate of drug-likeness (QED) is 0.929. The first-order valence-corrected chi connectivity index (χ1v) is 8.47. The maximum atomic E-state index is 12.7. The number of anilines is 1. The molecule has 2 aromatic heterocycles. The zero-order valence-electron chi connectivity index (χ0n) is 14.5. The molecule has 1 fully saturated rings. The Kier molecular flexibility index (Phi) is 4.83. The number of carbonyl (C=O) groups excluding carboxylic acids is 1. The fourth-order valence-electron chi connectivity index (χ4n) is 3.31. The number of hydrogen-bond donors (Lipinski definition) is 1. The van der Waals surface area contributed by atoms with Crippen LogP contribution in [0.1, 0.15) is 38.3 Å². The Balaban J connectivity index is 1.79. The number of nitrogens with zero attached hydrogens (tertiary/aromatic N) is 3. The number of amides is 1. The molecule has 1 N–H and O–H groups in total. The summed E-state index contributed by atoms with van der Waals surface area (Å²) in [4.78, 5) is 16.7. The van der Waals surface area contributed by atoms with Crippen LogP contribution in [0.5, 0.6) is 11.6 Å². The van der Waals surface area contributed by atoms with Gasteiger partial charge in [-0.2, -0.15) is 5.10 Å². The minimum absolute atomic E-state index is 0.0636. The highest BCUT2D eigenvalue weighted by Gasteiger charge is 2.27. The molecular weight excluding hydrogens is 304 g/mol. The van der Waals surface area contributed by atoms with Gasteiger partial charge in [-0.1, -0.05) is 19.8 Å². The van der Waals surface area contributed by atoms with E-state index >= 15 is 0 Å². The first-order chi connectivity index (χ1) is 11.5. The molecule has 1 amide bonds. The van der Waals surface area contributed by atoms with E-state index in [4.69, 9.17) is 4.74 Å². The Morgan fingerprint density at radius 2 is 2.25 bits per heavy atom. The molecule has 2 unspecified atom stereocenters. The molecule has 1 aliphatic carbocycles. The first kappa shape index (κ1) is 16.5. The minimum atomic E-state index is 0.0636. The molecule has 0 saturated heterocycles. The summed E-state index contributed by atoms with van der Waals surface area (Å²) in [6, 6.07) is 3.63. The van der Waals surface area contributed by atoms with Crippen molar-refractivity contribution in [2.45, 2.75) is 39.5 Å². The summed E-state index contributed by atoms with van der Waals surface area (Å²) in [7, 11) is 1.80. The fourth-order valence-corrected chi connectivity index (χ4v) is 3.31. The number of pyridine rings is 1. The van der Waals surface area contributed by atoms with Crippen LogP contribution in [-0.4, -0.2) is 20.7 Å². The van der Waals surface area contributed by atoms with E-state index in [1.807, 2.05) is 13.0 Å². The van der Waals surface area contributed by atoms with Crippen LogP contribution in [0.3, 0.4) is 0 Å². The van der Waals surface area contributed by atoms with Crippen LogP contribution in [0.25, 0.3) is 0 Å². The highest BCUT2D eigenvalue weighted by molar-refractivity contribution is 5.94. The summed E-state index contributed by atoms with van der Waals surface area (Å²) in [5.74, 6) is 1.88. The molecule has 0 radical (unpaired) electrons. The maximum absolute atomic E-state index is 12.7. The molecule has 128 valence electrons. The molecule has 6 nitrogen and oxygen atoms in total. The Morgan fingerprint density at radius 3 is 2.96 bits per heavy atom. The SMILES string of the molecule is Cc1nn(C)c(Oc2cccnc2)c1NC(=O)C1CCCC(C)C1. The smallest absolute Gasteiger partial charge is 0.241 e. The summed E-state index contributed by atoms with van der Waals surface area (Å²) >= 11 is 0. The van der Waals surface area contributed by atoms with E-state index in [-0.39, 0.29) is 11.8 Å². The number of aromatic nitrogens is 3. The topological polar surface area (TPSA) is 69.0 Å². The molecule has 3 rings (SSSR count). The molecule has 2 heterocycles. The highest BCUT2D eigenvalue weighted by atomic mass is 16.5. The van der Waals surface area contributed by atoms with Gasteiger partial charge in [0.05, 0.1) is 11.9 Å². The number of rotatable bonds is 4. The van der Waals surface area contributed by atoms with Crippen molar-refractivity contribution in [2.75, 3.05) is 5.32 Å². The van der Waals surface area contributed by atoms with Crippen molar-refractivity contribution in [1.29, 1.82) is 0 Å². The van der Waals surface area contributed by atoms with E-state index in [2.05, 4.69) is 22.3 Å². The van der Waals surface area contributed by atoms with Gasteiger partial charge in [0.1, 0.15) is 11.4 Å². The van der Waals surface area contributed by atoms with Crippen molar-refractivity contribution in [1.82, 2.24) is 14.8 Å². The molecule has 0 aliphatic heterocycles. The molecule has 24 heavy (non-hydrogen) atoms. The predicted octanol–water partition coefficient (Wildman–Crippen LogP) is 3.68. The van der Waals surface area contributed by atoms with Gasteiger partial charge < -0.3 is 10.1 Å². The minimum Gasteiger partial charge on any atom is -0.436 e. The van der Waals surface area contributed by atoms with Gasteiger partial charge in [-0.15, -0.1) is 0 Å². The number of nitrogens with one attached hydrogen (secondary N) is 1. The third-order valence-electron chi connectivity index (χ3n) is 4.57. The number of hydrogen-bond acceptors (Lipinski definition) is 4. The largest absolute Gasteiger partial charge is 0.436 e. The number of ether oxygens (including phenoxy) is 1. The average molecular weight is 328 g/mol. The van der Waals surface area contributed by atoms with Crippen molar-refractivity contribution in [2.24, 2.45) is 18.9 Å². The lowest BCUT2D eigenvalue weighted by Gasteiger charge is -2.25. The van der Waals surface area contributed by atoms with Crippen molar-refractivity contribution >= 4 is 11.6 Å². The van der Waals surface area contributed by atoms with Gasteiger partial charge in [0, 0.05) is 19.2 Å². The third-order valence-corrected chi connectivity index (χ3v) is 4.57. The Bertz CT molecular complexity index is 711. The number of carbonyl (C=O) groups is 1. The van der Waals surface area contributed by atoms with Crippen molar-refractivity contribution < 1.29 is 9.53 Å². The van der Waals surface area contributed by atoms with Crippen LogP contribution >= 0.6 is 0 Å². The number of aryl methyl sites for hydroxylation is 2. The zero-order valence-corrected chi connectivity index (χ0v) is 14.5. The third kappa shape index (κ3) is 3.58. The summed E-state index contributed by atoms with van der Waals surface area (Å²) in [5, 5.41) is 7.42. The first-order valence-electron chi connectivity index (χ1n) is 8.47. The van der Waals surface area contributed by atoms with E-state index in [9.17, 15) is 4.79 Å². The van der Waals surface area contributed by atoms with Gasteiger partial charge in [-0.05, 0) is 37.8 Å². The van der Waals surface area contributed by atoms with Crippen LogP contribution in [0, 0.1) is 18.8 Å².